The van der Waals surface area contributed by atoms with Crippen molar-refractivity contribution in [3.8, 4) is 0 Å². The molecule has 2 N–H and O–H groups in total. The lowest BCUT2D eigenvalue weighted by Crippen LogP contribution is -2.52. The van der Waals surface area contributed by atoms with Crippen LogP contribution in [0.1, 0.15) is 19.8 Å². The van der Waals surface area contributed by atoms with E-state index in [1.54, 1.807) is 6.92 Å². The summed E-state index contributed by atoms with van der Waals surface area (Å²) in [6, 6.07) is -0.420. The molecule has 1 aliphatic rings. The largest absolute Gasteiger partial charge is 0.481 e. The van der Waals surface area contributed by atoms with Gasteiger partial charge in [-0.05, 0) is 19.8 Å². The van der Waals surface area contributed by atoms with Gasteiger partial charge in [-0.25, -0.2) is 17.5 Å². The van der Waals surface area contributed by atoms with Crippen molar-refractivity contribution in [2.45, 2.75) is 19.8 Å². The quantitative estimate of drug-likeness (QED) is 0.727. The van der Waals surface area contributed by atoms with E-state index in [2.05, 4.69) is 5.32 Å². The van der Waals surface area contributed by atoms with Crippen molar-refractivity contribution in [2.75, 3.05) is 39.5 Å². The fourth-order valence-electron chi connectivity index (χ4n) is 2.17. The Bertz CT molecular complexity index is 505. The number of carboxylic acids is 1. The molecule has 0 spiro atoms. The molecule has 9 heteroatoms. The van der Waals surface area contributed by atoms with Crippen molar-refractivity contribution in [3.63, 3.8) is 0 Å². The molecule has 0 aromatic heterocycles. The topological polar surface area (TPSA) is 107 Å². The number of piperidine rings is 1. The second-order valence-corrected chi connectivity index (χ2v) is 8.02. The van der Waals surface area contributed by atoms with Crippen molar-refractivity contribution < 1.29 is 23.1 Å². The van der Waals surface area contributed by atoms with E-state index in [-0.39, 0.29) is 18.8 Å². The molecule has 122 valence electrons. The minimum Gasteiger partial charge on any atom is -0.481 e. The maximum Gasteiger partial charge on any atom is 0.317 e. The molecule has 1 saturated heterocycles. The van der Waals surface area contributed by atoms with Crippen LogP contribution in [0.5, 0.6) is 0 Å². The van der Waals surface area contributed by atoms with Crippen LogP contribution in [-0.2, 0) is 14.8 Å². The fourth-order valence-corrected chi connectivity index (χ4v) is 2.89. The second-order valence-electron chi connectivity index (χ2n) is 5.72. The van der Waals surface area contributed by atoms with Gasteiger partial charge in [0.25, 0.3) is 0 Å². The van der Waals surface area contributed by atoms with Crippen molar-refractivity contribution in [1.82, 2.24) is 14.5 Å². The van der Waals surface area contributed by atoms with E-state index in [9.17, 15) is 23.1 Å². The van der Waals surface area contributed by atoms with Crippen LogP contribution in [0.4, 0.5) is 4.79 Å². The van der Waals surface area contributed by atoms with Crippen LogP contribution < -0.4 is 5.32 Å². The Balaban J connectivity index is 2.51. The molecule has 0 aromatic rings. The first-order chi connectivity index (χ1) is 9.58. The molecule has 0 aliphatic carbocycles. The number of carbonyl (C=O) groups is 2. The molecule has 1 unspecified atom stereocenters. The number of urea groups is 1. The highest BCUT2D eigenvalue weighted by Gasteiger charge is 2.39. The maximum atomic E-state index is 12.0. The first-order valence-electron chi connectivity index (χ1n) is 6.75. The monoisotopic (exact) mass is 321 g/mol. The number of amides is 2. The lowest BCUT2D eigenvalue weighted by Gasteiger charge is -2.37. The Morgan fingerprint density at radius 2 is 2.00 bits per heavy atom. The molecule has 0 bridgehead atoms. The molecule has 1 fully saturated rings. The molecule has 0 radical (unpaired) electrons. The van der Waals surface area contributed by atoms with Crippen LogP contribution in [0.25, 0.3) is 0 Å². The predicted molar refractivity (Wildman–Crippen MR) is 77.4 cm³/mol. The number of carbonyl (C=O) groups excluding carboxylic acids is 1. The summed E-state index contributed by atoms with van der Waals surface area (Å²) in [5.41, 5.74) is -0.939. The number of likely N-dealkylation sites (tertiary alicyclic amines) is 1. The number of hydrogen-bond donors (Lipinski definition) is 2. The maximum absolute atomic E-state index is 12.0. The van der Waals surface area contributed by atoms with Crippen molar-refractivity contribution in [2.24, 2.45) is 5.41 Å². The third-order valence-corrected chi connectivity index (χ3v) is 5.53. The van der Waals surface area contributed by atoms with Crippen LogP contribution in [0, 0.1) is 5.41 Å². The van der Waals surface area contributed by atoms with Gasteiger partial charge >= 0.3 is 12.0 Å². The Morgan fingerprint density at radius 1 is 1.38 bits per heavy atom. The molecule has 21 heavy (non-hydrogen) atoms. The minimum atomic E-state index is -3.35. The lowest BCUT2D eigenvalue weighted by atomic mass is 9.82. The number of nitrogens with one attached hydrogen (secondary N) is 1. The summed E-state index contributed by atoms with van der Waals surface area (Å²) >= 11 is 0. The van der Waals surface area contributed by atoms with Gasteiger partial charge < -0.3 is 15.3 Å². The highest BCUT2D eigenvalue weighted by atomic mass is 32.2. The number of nitrogens with zero attached hydrogens (tertiary/aromatic N) is 2. The number of hydrogen-bond acceptors (Lipinski definition) is 4. The Kier molecular flexibility index (Phi) is 5.57. The summed E-state index contributed by atoms with van der Waals surface area (Å²) in [7, 11) is -0.494. The van der Waals surface area contributed by atoms with E-state index < -0.39 is 27.4 Å². The highest BCUT2D eigenvalue weighted by molar-refractivity contribution is 7.89. The van der Waals surface area contributed by atoms with Gasteiger partial charge in [0.2, 0.25) is 10.0 Å². The summed E-state index contributed by atoms with van der Waals surface area (Å²) in [5, 5.41) is 11.7. The molecular formula is C12H23N3O5S. The molecule has 1 atom stereocenters. The number of carboxylic acid groups (broad SMARTS) is 1. The van der Waals surface area contributed by atoms with Crippen molar-refractivity contribution in [1.29, 1.82) is 0 Å². The predicted octanol–water partition coefficient (Wildman–Crippen LogP) is -0.226. The molecule has 2 amide bonds. The van der Waals surface area contributed by atoms with E-state index in [1.807, 2.05) is 0 Å². The van der Waals surface area contributed by atoms with Crippen LogP contribution in [0.15, 0.2) is 0 Å². The smallest absolute Gasteiger partial charge is 0.317 e. The van der Waals surface area contributed by atoms with Gasteiger partial charge in [-0.15, -0.1) is 0 Å². The van der Waals surface area contributed by atoms with Crippen LogP contribution >= 0.6 is 0 Å². The first-order valence-corrected chi connectivity index (χ1v) is 8.36. The standard InChI is InChI=1S/C12H23N3O5S/c1-12(10(16)17)5-4-7-15(9-12)11(18)13-6-8-21(19,20)14(2)3/h4-9H2,1-3H3,(H,13,18)(H,16,17). The summed E-state index contributed by atoms with van der Waals surface area (Å²) in [4.78, 5) is 24.6. The third-order valence-electron chi connectivity index (χ3n) is 3.69. The Hall–Kier alpha value is -1.35. The van der Waals surface area contributed by atoms with Gasteiger partial charge in [0.1, 0.15) is 0 Å². The Morgan fingerprint density at radius 3 is 2.52 bits per heavy atom. The van der Waals surface area contributed by atoms with E-state index in [0.29, 0.717) is 19.4 Å². The highest BCUT2D eigenvalue weighted by Crippen LogP contribution is 2.29. The molecule has 0 saturated carbocycles. The van der Waals surface area contributed by atoms with Crippen molar-refractivity contribution >= 4 is 22.0 Å². The van der Waals surface area contributed by atoms with E-state index >= 15 is 0 Å². The van der Waals surface area contributed by atoms with Gasteiger partial charge in [-0.2, -0.15) is 0 Å². The molecule has 1 heterocycles. The number of sulfonamides is 1. The zero-order chi connectivity index (χ0) is 16.3. The van der Waals surface area contributed by atoms with Gasteiger partial charge in [0, 0.05) is 33.7 Å². The summed E-state index contributed by atoms with van der Waals surface area (Å²) < 4.78 is 24.2. The number of rotatable bonds is 5. The normalized spacial score (nSPS) is 23.1. The first kappa shape index (κ1) is 17.7. The fraction of sp³-hybridized carbons (Fsp3) is 0.833. The van der Waals surface area contributed by atoms with E-state index in [4.69, 9.17) is 0 Å². The lowest BCUT2D eigenvalue weighted by molar-refractivity contribution is -0.150. The van der Waals surface area contributed by atoms with Gasteiger partial charge in [0.05, 0.1) is 11.2 Å². The van der Waals surface area contributed by atoms with Gasteiger partial charge in [-0.1, -0.05) is 0 Å². The molecular weight excluding hydrogens is 298 g/mol. The third kappa shape index (κ3) is 4.57. The molecule has 0 aromatic carbocycles. The van der Waals surface area contributed by atoms with Crippen LogP contribution in [0.2, 0.25) is 0 Å². The van der Waals surface area contributed by atoms with E-state index in [0.717, 1.165) is 4.31 Å². The Labute approximate surface area is 125 Å². The number of aliphatic carboxylic acids is 1. The molecule has 1 aliphatic heterocycles. The SMILES string of the molecule is CN(C)S(=O)(=O)CCNC(=O)N1CCCC(C)(C(=O)O)C1. The minimum absolute atomic E-state index is 0.000365. The zero-order valence-corrected chi connectivity index (χ0v) is 13.4. The summed E-state index contributed by atoms with van der Waals surface area (Å²) in [6.45, 7) is 2.23. The zero-order valence-electron chi connectivity index (χ0n) is 12.6. The average molecular weight is 321 g/mol. The second kappa shape index (κ2) is 6.61. The van der Waals surface area contributed by atoms with Crippen molar-refractivity contribution in [3.05, 3.63) is 0 Å². The van der Waals surface area contributed by atoms with Gasteiger partial charge in [-0.3, -0.25) is 4.79 Å². The van der Waals surface area contributed by atoms with Crippen LogP contribution in [-0.4, -0.2) is 74.2 Å². The molecule has 8 nitrogen and oxygen atoms in total. The average Bonchev–Trinajstić information content (AvgIpc) is 2.38. The summed E-state index contributed by atoms with van der Waals surface area (Å²) in [6.07, 6.45) is 1.15. The molecule has 1 rings (SSSR count). The van der Waals surface area contributed by atoms with Gasteiger partial charge in [0.15, 0.2) is 0 Å². The van der Waals surface area contributed by atoms with Crippen LogP contribution in [0.3, 0.4) is 0 Å². The van der Waals surface area contributed by atoms with E-state index in [1.165, 1.54) is 19.0 Å². The summed E-state index contributed by atoms with van der Waals surface area (Å²) in [5.74, 6) is -1.11.